The number of benzene rings is 2. The predicted molar refractivity (Wildman–Crippen MR) is 218 cm³/mol. The number of hydrogen-bond donors (Lipinski definition) is 0. The van der Waals surface area contributed by atoms with Crippen molar-refractivity contribution in [2.24, 2.45) is 0 Å². The van der Waals surface area contributed by atoms with Crippen molar-refractivity contribution >= 4 is 12.2 Å². The van der Waals surface area contributed by atoms with E-state index in [0.29, 0.717) is 0 Å². The zero-order valence-electron chi connectivity index (χ0n) is 30.6. The Labute approximate surface area is 296 Å². The van der Waals surface area contributed by atoms with Gasteiger partial charge in [0, 0.05) is 0 Å². The van der Waals surface area contributed by atoms with Gasteiger partial charge in [0.25, 0.3) is 0 Å². The standard InChI is InChI=1S/C48H66/c1-3-5-7-9-11-21-25-29-33-45-37-41-47(42-38-45)35-31-27-23-19-17-15-13-14-16-18-20-24-28-32-36-48-43-39-46(40-44-48)34-30-26-22-12-10-8-6-4-2/h13-20,23-24,27-28,31-32,35-44H,3-12,21-22,25-26,29-30,33-34H2,1-2H3/b15-13+,16-14+,19-17+,20-18+,27-23+,28-24+,35-31+,36-32+. The Kier molecular flexibility index (Phi) is 25.9. The number of hydrogen-bond acceptors (Lipinski definition) is 0. The Morgan fingerprint density at radius 1 is 0.292 bits per heavy atom. The first kappa shape index (κ1) is 40.5. The second-order valence-corrected chi connectivity index (χ2v) is 13.0. The van der Waals surface area contributed by atoms with E-state index in [1.807, 2.05) is 36.5 Å². The molecule has 0 heterocycles. The van der Waals surface area contributed by atoms with Crippen LogP contribution in [0, 0.1) is 0 Å². The van der Waals surface area contributed by atoms with Gasteiger partial charge in [0.15, 0.2) is 0 Å². The van der Waals surface area contributed by atoms with Gasteiger partial charge in [-0.25, -0.2) is 0 Å². The Hall–Kier alpha value is -3.64. The van der Waals surface area contributed by atoms with E-state index in [1.54, 1.807) is 0 Å². The molecule has 0 aliphatic heterocycles. The normalized spacial score (nSPS) is 12.8. The van der Waals surface area contributed by atoms with Gasteiger partial charge in [0.05, 0.1) is 0 Å². The molecule has 0 aliphatic rings. The first-order valence-corrected chi connectivity index (χ1v) is 19.3. The van der Waals surface area contributed by atoms with Gasteiger partial charge in [-0.05, 0) is 47.9 Å². The highest BCUT2D eigenvalue weighted by atomic mass is 14.0. The van der Waals surface area contributed by atoms with E-state index in [4.69, 9.17) is 0 Å². The maximum atomic E-state index is 2.28. The average Bonchev–Trinajstić information content (AvgIpc) is 3.11. The molecule has 0 aromatic heterocycles. The van der Waals surface area contributed by atoms with Crippen LogP contribution in [0.1, 0.15) is 139 Å². The summed E-state index contributed by atoms with van der Waals surface area (Å²) in [5.74, 6) is 0. The molecule has 0 amide bonds. The Balaban J connectivity index is 1.52. The predicted octanol–water partition coefficient (Wildman–Crippen LogP) is 15.1. The van der Waals surface area contributed by atoms with Crippen molar-refractivity contribution in [3.8, 4) is 0 Å². The maximum absolute atomic E-state index is 2.28. The van der Waals surface area contributed by atoms with Crippen LogP contribution in [-0.2, 0) is 12.8 Å². The van der Waals surface area contributed by atoms with E-state index in [2.05, 4.69) is 123 Å². The van der Waals surface area contributed by atoms with Gasteiger partial charge in [0.1, 0.15) is 0 Å². The lowest BCUT2D eigenvalue weighted by atomic mass is 10.0. The van der Waals surface area contributed by atoms with Crippen LogP contribution in [0.5, 0.6) is 0 Å². The molecule has 0 fully saturated rings. The zero-order valence-corrected chi connectivity index (χ0v) is 30.6. The van der Waals surface area contributed by atoms with Gasteiger partial charge in [0.2, 0.25) is 0 Å². The van der Waals surface area contributed by atoms with Crippen LogP contribution < -0.4 is 0 Å². The van der Waals surface area contributed by atoms with E-state index < -0.39 is 0 Å². The third-order valence-corrected chi connectivity index (χ3v) is 8.62. The topological polar surface area (TPSA) is 0 Å². The second kappa shape index (κ2) is 30.7. The van der Waals surface area contributed by atoms with Gasteiger partial charge < -0.3 is 0 Å². The maximum Gasteiger partial charge on any atom is -0.0256 e. The quantitative estimate of drug-likeness (QED) is 0.0672. The van der Waals surface area contributed by atoms with E-state index in [0.717, 1.165) is 0 Å². The first-order chi connectivity index (χ1) is 23.8. The van der Waals surface area contributed by atoms with E-state index in [-0.39, 0.29) is 0 Å². The Morgan fingerprint density at radius 2 is 0.542 bits per heavy atom. The first-order valence-electron chi connectivity index (χ1n) is 19.3. The van der Waals surface area contributed by atoms with Crippen LogP contribution in [0.2, 0.25) is 0 Å². The van der Waals surface area contributed by atoms with E-state index >= 15 is 0 Å². The summed E-state index contributed by atoms with van der Waals surface area (Å²) in [5, 5.41) is 0. The lowest BCUT2D eigenvalue weighted by Crippen LogP contribution is -1.87. The second-order valence-electron chi connectivity index (χ2n) is 13.0. The molecule has 0 aliphatic carbocycles. The largest absolute Gasteiger partial charge is 0.0654 e. The molecule has 258 valence electrons. The molecule has 48 heavy (non-hydrogen) atoms. The molecule has 0 spiro atoms. The molecule has 0 heteroatoms. The minimum Gasteiger partial charge on any atom is -0.0654 e. The summed E-state index contributed by atoms with van der Waals surface area (Å²) in [4.78, 5) is 0. The van der Waals surface area contributed by atoms with Crippen molar-refractivity contribution in [2.75, 3.05) is 0 Å². The Bertz CT molecular complexity index is 1150. The zero-order chi connectivity index (χ0) is 34.0. The van der Waals surface area contributed by atoms with Crippen LogP contribution in [0.15, 0.2) is 134 Å². The van der Waals surface area contributed by atoms with Crippen LogP contribution in [0.25, 0.3) is 12.2 Å². The summed E-state index contributed by atoms with van der Waals surface area (Å²) < 4.78 is 0. The molecule has 2 aromatic rings. The monoisotopic (exact) mass is 643 g/mol. The molecule has 2 rings (SSSR count). The summed E-state index contributed by atoms with van der Waals surface area (Å²) in [6.07, 6.45) is 57.6. The molecular formula is C48H66. The minimum absolute atomic E-state index is 1.20. The lowest BCUT2D eigenvalue weighted by molar-refractivity contribution is 0.575. The highest BCUT2D eigenvalue weighted by molar-refractivity contribution is 5.52. The molecule has 0 radical (unpaired) electrons. The molecular weight excluding hydrogens is 577 g/mol. The summed E-state index contributed by atoms with van der Waals surface area (Å²) in [5.41, 5.74) is 5.41. The fourth-order valence-electron chi connectivity index (χ4n) is 5.62. The van der Waals surface area contributed by atoms with Crippen molar-refractivity contribution in [3.63, 3.8) is 0 Å². The highest BCUT2D eigenvalue weighted by Crippen LogP contribution is 2.14. The molecule has 0 saturated carbocycles. The average molecular weight is 643 g/mol. The molecule has 0 saturated heterocycles. The molecule has 0 unspecified atom stereocenters. The number of rotatable bonds is 27. The summed E-state index contributed by atoms with van der Waals surface area (Å²) in [6.45, 7) is 4.57. The Morgan fingerprint density at radius 3 is 0.833 bits per heavy atom. The van der Waals surface area contributed by atoms with Gasteiger partial charge in [-0.3, -0.25) is 0 Å². The fraction of sp³-hybridized carbons (Fsp3) is 0.417. The molecule has 0 nitrogen and oxygen atoms in total. The summed E-state index contributed by atoms with van der Waals surface area (Å²) >= 11 is 0. The minimum atomic E-state index is 1.20. The number of unbranched alkanes of at least 4 members (excludes halogenated alkanes) is 14. The molecule has 0 atom stereocenters. The highest BCUT2D eigenvalue weighted by Gasteiger charge is 1.96. The third-order valence-electron chi connectivity index (χ3n) is 8.62. The van der Waals surface area contributed by atoms with Crippen molar-refractivity contribution in [2.45, 2.75) is 129 Å². The van der Waals surface area contributed by atoms with Crippen molar-refractivity contribution < 1.29 is 0 Å². The molecule has 2 aromatic carbocycles. The lowest BCUT2D eigenvalue weighted by Gasteiger charge is -2.03. The van der Waals surface area contributed by atoms with Gasteiger partial charge in [-0.15, -0.1) is 0 Å². The number of aryl methyl sites for hydroxylation is 2. The van der Waals surface area contributed by atoms with Gasteiger partial charge in [-0.1, -0.05) is 249 Å². The SMILES string of the molecule is CCCCCCCCCCc1ccc(/C=C/C=C/C=C/C=C/C=C/C=C/C=C/C=C/c2ccc(CCCCCCCCCC)cc2)cc1. The van der Waals surface area contributed by atoms with E-state index in [1.165, 1.54) is 138 Å². The van der Waals surface area contributed by atoms with Crippen LogP contribution in [0.3, 0.4) is 0 Å². The van der Waals surface area contributed by atoms with E-state index in [9.17, 15) is 0 Å². The molecule has 0 bridgehead atoms. The van der Waals surface area contributed by atoms with Crippen LogP contribution in [-0.4, -0.2) is 0 Å². The van der Waals surface area contributed by atoms with Crippen molar-refractivity contribution in [1.29, 1.82) is 0 Å². The summed E-state index contributed by atoms with van der Waals surface area (Å²) in [7, 11) is 0. The summed E-state index contributed by atoms with van der Waals surface area (Å²) in [6, 6.07) is 18.0. The van der Waals surface area contributed by atoms with Crippen molar-refractivity contribution in [3.05, 3.63) is 156 Å². The third kappa shape index (κ3) is 23.6. The van der Waals surface area contributed by atoms with Crippen LogP contribution >= 0.6 is 0 Å². The van der Waals surface area contributed by atoms with Gasteiger partial charge in [-0.2, -0.15) is 0 Å². The number of allylic oxidation sites excluding steroid dienone is 14. The van der Waals surface area contributed by atoms with Crippen LogP contribution in [0.4, 0.5) is 0 Å². The smallest absolute Gasteiger partial charge is 0.0256 e. The van der Waals surface area contributed by atoms with Gasteiger partial charge >= 0.3 is 0 Å². The molecule has 0 N–H and O–H groups in total. The van der Waals surface area contributed by atoms with Crippen molar-refractivity contribution in [1.82, 2.24) is 0 Å². The fourth-order valence-corrected chi connectivity index (χ4v) is 5.62.